The van der Waals surface area contributed by atoms with Gasteiger partial charge in [0.15, 0.2) is 0 Å². The highest BCUT2D eigenvalue weighted by atomic mass is 16.5. The van der Waals surface area contributed by atoms with Gasteiger partial charge in [-0.05, 0) is 28.8 Å². The first-order valence-electron chi connectivity index (χ1n) is 7.35. The van der Waals surface area contributed by atoms with E-state index in [4.69, 9.17) is 4.74 Å². The van der Waals surface area contributed by atoms with Crippen molar-refractivity contribution < 1.29 is 4.74 Å². The summed E-state index contributed by atoms with van der Waals surface area (Å²) in [6.45, 7) is 4.35. The maximum atomic E-state index is 6.04. The lowest BCUT2D eigenvalue weighted by Crippen LogP contribution is -1.97. The van der Waals surface area contributed by atoms with Gasteiger partial charge in [0.25, 0.3) is 0 Å². The van der Waals surface area contributed by atoms with Crippen molar-refractivity contribution in [3.05, 3.63) is 96.6 Å². The molecule has 0 heterocycles. The third-order valence-electron chi connectivity index (χ3n) is 3.55. The van der Waals surface area contributed by atoms with Crippen LogP contribution in [0, 0.1) is 0 Å². The molecule has 0 saturated heterocycles. The summed E-state index contributed by atoms with van der Waals surface area (Å²) in [7, 11) is 0. The van der Waals surface area contributed by atoms with Crippen LogP contribution in [0.15, 0.2) is 85.4 Å². The van der Waals surface area contributed by atoms with E-state index in [9.17, 15) is 0 Å². The van der Waals surface area contributed by atoms with Gasteiger partial charge >= 0.3 is 0 Å². The van der Waals surface area contributed by atoms with Crippen LogP contribution in [0.1, 0.15) is 11.1 Å². The molecule has 0 amide bonds. The number of ether oxygens (including phenoxy) is 1. The van der Waals surface area contributed by atoms with Crippen molar-refractivity contribution in [2.75, 3.05) is 0 Å². The summed E-state index contributed by atoms with van der Waals surface area (Å²) in [4.78, 5) is 0. The third-order valence-corrected chi connectivity index (χ3v) is 3.55. The second kappa shape index (κ2) is 6.77. The van der Waals surface area contributed by atoms with Gasteiger partial charge in [0.05, 0.1) is 0 Å². The van der Waals surface area contributed by atoms with Gasteiger partial charge in [0.1, 0.15) is 12.4 Å². The highest BCUT2D eigenvalue weighted by Crippen LogP contribution is 2.30. The Morgan fingerprint density at radius 1 is 0.818 bits per heavy atom. The van der Waals surface area contributed by atoms with E-state index in [0.717, 1.165) is 28.0 Å². The van der Waals surface area contributed by atoms with Crippen molar-refractivity contribution in [3.8, 4) is 16.9 Å². The van der Waals surface area contributed by atoms with Gasteiger partial charge in [-0.25, -0.2) is 0 Å². The van der Waals surface area contributed by atoms with Crippen LogP contribution in [0.3, 0.4) is 0 Å². The molecule has 0 fully saturated rings. The molecule has 0 aliphatic rings. The van der Waals surface area contributed by atoms with Crippen LogP contribution in [-0.2, 0) is 6.61 Å². The Balaban J connectivity index is 1.82. The van der Waals surface area contributed by atoms with Crippen molar-refractivity contribution >= 4 is 6.08 Å². The largest absolute Gasteiger partial charge is 0.488 e. The third kappa shape index (κ3) is 3.26. The lowest BCUT2D eigenvalue weighted by molar-refractivity contribution is 0.307. The predicted molar refractivity (Wildman–Crippen MR) is 92.7 cm³/mol. The molecule has 0 spiro atoms. The quantitative estimate of drug-likeness (QED) is 0.595. The molecule has 0 saturated carbocycles. The van der Waals surface area contributed by atoms with Crippen molar-refractivity contribution in [1.29, 1.82) is 0 Å². The Morgan fingerprint density at radius 2 is 1.59 bits per heavy atom. The Hall–Kier alpha value is -2.80. The van der Waals surface area contributed by atoms with Crippen molar-refractivity contribution in [2.24, 2.45) is 0 Å². The molecular formula is C21H18O. The van der Waals surface area contributed by atoms with Gasteiger partial charge < -0.3 is 4.74 Å². The minimum absolute atomic E-state index is 0.547. The van der Waals surface area contributed by atoms with Crippen LogP contribution in [0.2, 0.25) is 0 Å². The molecule has 0 radical (unpaired) electrons. The van der Waals surface area contributed by atoms with E-state index in [1.807, 2.05) is 54.6 Å². The van der Waals surface area contributed by atoms with Crippen LogP contribution in [0.5, 0.6) is 5.75 Å². The average molecular weight is 286 g/mol. The van der Waals surface area contributed by atoms with Crippen LogP contribution >= 0.6 is 0 Å². The van der Waals surface area contributed by atoms with Crippen LogP contribution in [-0.4, -0.2) is 0 Å². The summed E-state index contributed by atoms with van der Waals surface area (Å²) >= 11 is 0. The molecule has 22 heavy (non-hydrogen) atoms. The van der Waals surface area contributed by atoms with Gasteiger partial charge in [0, 0.05) is 5.56 Å². The molecule has 0 atom stereocenters. The van der Waals surface area contributed by atoms with E-state index < -0.39 is 0 Å². The monoisotopic (exact) mass is 286 g/mol. The first-order valence-corrected chi connectivity index (χ1v) is 7.35. The fourth-order valence-corrected chi connectivity index (χ4v) is 2.42. The van der Waals surface area contributed by atoms with Crippen molar-refractivity contribution in [1.82, 2.24) is 0 Å². The zero-order valence-electron chi connectivity index (χ0n) is 12.4. The standard InChI is InChI=1S/C21H18O/c1-2-17-9-8-10-18(15-17)16-22-21-14-7-6-13-20(21)19-11-4-3-5-12-19/h2-15H,1,16H2. The molecule has 1 nitrogen and oxygen atoms in total. The summed E-state index contributed by atoms with van der Waals surface area (Å²) in [6, 6.07) is 26.7. The minimum atomic E-state index is 0.547. The van der Waals surface area contributed by atoms with Crippen molar-refractivity contribution in [3.63, 3.8) is 0 Å². The van der Waals surface area contributed by atoms with E-state index >= 15 is 0 Å². The van der Waals surface area contributed by atoms with E-state index in [-0.39, 0.29) is 0 Å². The molecule has 3 aromatic carbocycles. The summed E-state index contributed by atoms with van der Waals surface area (Å²) in [6.07, 6.45) is 1.85. The Morgan fingerprint density at radius 3 is 2.41 bits per heavy atom. The van der Waals surface area contributed by atoms with Gasteiger partial charge in [0.2, 0.25) is 0 Å². The topological polar surface area (TPSA) is 9.23 Å². The maximum absolute atomic E-state index is 6.04. The first-order chi connectivity index (χ1) is 10.9. The highest BCUT2D eigenvalue weighted by molar-refractivity contribution is 5.70. The maximum Gasteiger partial charge on any atom is 0.127 e. The number of hydrogen-bond donors (Lipinski definition) is 0. The lowest BCUT2D eigenvalue weighted by atomic mass is 10.0. The van der Waals surface area contributed by atoms with E-state index in [2.05, 4.69) is 36.9 Å². The van der Waals surface area contributed by atoms with Gasteiger partial charge in [-0.15, -0.1) is 0 Å². The molecule has 0 aromatic heterocycles. The second-order valence-corrected chi connectivity index (χ2v) is 5.10. The molecule has 0 aliphatic carbocycles. The molecule has 1 heteroatoms. The molecule has 0 unspecified atom stereocenters. The van der Waals surface area contributed by atoms with Gasteiger partial charge in [-0.2, -0.15) is 0 Å². The molecule has 3 aromatic rings. The number of rotatable bonds is 5. The number of benzene rings is 3. The SMILES string of the molecule is C=Cc1cccc(COc2ccccc2-c2ccccc2)c1. The molecule has 0 N–H and O–H groups in total. The average Bonchev–Trinajstić information content (AvgIpc) is 2.61. The summed E-state index contributed by atoms with van der Waals surface area (Å²) < 4.78 is 6.04. The molecule has 0 aliphatic heterocycles. The number of hydrogen-bond acceptors (Lipinski definition) is 1. The van der Waals surface area contributed by atoms with Crippen molar-refractivity contribution in [2.45, 2.75) is 6.61 Å². The summed E-state index contributed by atoms with van der Waals surface area (Å²) in [5, 5.41) is 0. The highest BCUT2D eigenvalue weighted by Gasteiger charge is 2.05. The zero-order valence-corrected chi connectivity index (χ0v) is 12.4. The van der Waals surface area contributed by atoms with Gasteiger partial charge in [-0.3, -0.25) is 0 Å². The Labute approximate surface area is 131 Å². The zero-order chi connectivity index (χ0) is 15.2. The predicted octanol–water partition coefficient (Wildman–Crippen LogP) is 5.58. The van der Waals surface area contributed by atoms with E-state index in [1.54, 1.807) is 0 Å². The van der Waals surface area contributed by atoms with E-state index in [0.29, 0.717) is 6.61 Å². The molecule has 108 valence electrons. The summed E-state index contributed by atoms with van der Waals surface area (Å²) in [5.74, 6) is 0.901. The molecule has 3 rings (SSSR count). The smallest absolute Gasteiger partial charge is 0.127 e. The van der Waals surface area contributed by atoms with Gasteiger partial charge in [-0.1, -0.05) is 79.4 Å². The molecule has 0 bridgehead atoms. The Bertz CT molecular complexity index is 760. The minimum Gasteiger partial charge on any atom is -0.488 e. The fraction of sp³-hybridized carbons (Fsp3) is 0.0476. The lowest BCUT2D eigenvalue weighted by Gasteiger charge is -2.12. The second-order valence-electron chi connectivity index (χ2n) is 5.10. The number of para-hydroxylation sites is 1. The van der Waals surface area contributed by atoms with Crippen LogP contribution in [0.4, 0.5) is 0 Å². The normalized spacial score (nSPS) is 10.2. The molecular weight excluding hydrogens is 268 g/mol. The Kier molecular flexibility index (Phi) is 4.35. The van der Waals surface area contributed by atoms with E-state index in [1.165, 1.54) is 0 Å². The van der Waals surface area contributed by atoms with Crippen LogP contribution in [0.25, 0.3) is 17.2 Å². The van der Waals surface area contributed by atoms with Crippen LogP contribution < -0.4 is 4.74 Å². The summed E-state index contributed by atoms with van der Waals surface area (Å²) in [5.41, 5.74) is 4.53. The first kappa shape index (κ1) is 14.2. The fourth-order valence-electron chi connectivity index (χ4n) is 2.42.